The second-order valence-electron chi connectivity index (χ2n) is 8.39. The van der Waals surface area contributed by atoms with Crippen LogP contribution in [0.1, 0.15) is 22.5 Å². The number of carbonyl (C=O) groups excluding carboxylic acids is 1. The van der Waals surface area contributed by atoms with Crippen molar-refractivity contribution < 1.29 is 18.0 Å². The molecule has 5 rings (SSSR count). The highest BCUT2D eigenvalue weighted by molar-refractivity contribution is 6.11. The van der Waals surface area contributed by atoms with Crippen LogP contribution in [0.2, 0.25) is 0 Å². The Bertz CT molecular complexity index is 1550. The molecular weight excluding hydrogens is 455 g/mol. The van der Waals surface area contributed by atoms with Gasteiger partial charge in [-0.3, -0.25) is 9.69 Å². The molecule has 0 spiro atoms. The van der Waals surface area contributed by atoms with Crippen molar-refractivity contribution in [3.05, 3.63) is 82.7 Å². The molecule has 0 atom stereocenters. The average Bonchev–Trinajstić information content (AvgIpc) is 3.48. The number of aryl methyl sites for hydroxylation is 1. The summed E-state index contributed by atoms with van der Waals surface area (Å²) < 4.78 is 43.3. The number of para-hydroxylation sites is 2. The number of nitrogens with zero attached hydrogens (tertiary/aromatic N) is 5. The van der Waals surface area contributed by atoms with Gasteiger partial charge in [0.1, 0.15) is 11.6 Å². The zero-order valence-electron chi connectivity index (χ0n) is 19.0. The lowest BCUT2D eigenvalue weighted by atomic mass is 10.1. The number of imidazole rings is 1. The SMILES string of the molecule is Cc1cc(C=C(C#N)C(=O)N2CCn3c2nc2ccccc23)c(C)n1-c1cccc(C(F)(F)F)c1. The molecule has 1 aliphatic heterocycles. The molecule has 0 saturated carbocycles. The van der Waals surface area contributed by atoms with Gasteiger partial charge in [-0.2, -0.15) is 18.4 Å². The predicted octanol–water partition coefficient (Wildman–Crippen LogP) is 5.42. The van der Waals surface area contributed by atoms with Gasteiger partial charge in [-0.1, -0.05) is 18.2 Å². The highest BCUT2D eigenvalue weighted by Gasteiger charge is 2.32. The van der Waals surface area contributed by atoms with E-state index in [1.165, 1.54) is 17.0 Å². The number of halogens is 3. The molecule has 0 fully saturated rings. The zero-order valence-corrected chi connectivity index (χ0v) is 19.0. The molecule has 1 aliphatic rings. The molecule has 3 heterocycles. The zero-order chi connectivity index (χ0) is 24.9. The van der Waals surface area contributed by atoms with E-state index in [1.54, 1.807) is 30.5 Å². The Morgan fingerprint density at radius 1 is 1.09 bits per heavy atom. The fraction of sp³-hybridized carbons (Fsp3) is 0.192. The summed E-state index contributed by atoms with van der Waals surface area (Å²) in [5.74, 6) is 0.0252. The van der Waals surface area contributed by atoms with Gasteiger partial charge in [-0.15, -0.1) is 0 Å². The van der Waals surface area contributed by atoms with Crippen molar-refractivity contribution in [2.75, 3.05) is 11.4 Å². The number of hydrogen-bond donors (Lipinski definition) is 0. The van der Waals surface area contributed by atoms with Crippen molar-refractivity contribution in [2.24, 2.45) is 0 Å². The van der Waals surface area contributed by atoms with E-state index in [1.807, 2.05) is 34.9 Å². The first kappa shape index (κ1) is 22.5. The number of nitriles is 1. The van der Waals surface area contributed by atoms with Crippen LogP contribution in [0.25, 0.3) is 22.8 Å². The molecule has 0 unspecified atom stereocenters. The van der Waals surface area contributed by atoms with Crippen LogP contribution in [0.15, 0.2) is 60.2 Å². The Morgan fingerprint density at radius 3 is 2.60 bits per heavy atom. The van der Waals surface area contributed by atoms with Crippen LogP contribution in [0, 0.1) is 25.2 Å². The van der Waals surface area contributed by atoms with Gasteiger partial charge in [0.2, 0.25) is 5.95 Å². The second kappa shape index (κ2) is 8.17. The van der Waals surface area contributed by atoms with Crippen molar-refractivity contribution in [2.45, 2.75) is 26.6 Å². The molecular formula is C26H20F3N5O. The number of anilines is 1. The molecule has 176 valence electrons. The Kier molecular flexibility index (Phi) is 5.24. The summed E-state index contributed by atoms with van der Waals surface area (Å²) >= 11 is 0. The smallest absolute Gasteiger partial charge is 0.318 e. The van der Waals surface area contributed by atoms with Crippen molar-refractivity contribution in [3.63, 3.8) is 0 Å². The summed E-state index contributed by atoms with van der Waals surface area (Å²) in [5, 5.41) is 9.79. The van der Waals surface area contributed by atoms with Gasteiger partial charge in [0.15, 0.2) is 0 Å². The maximum atomic E-state index is 13.3. The average molecular weight is 475 g/mol. The maximum absolute atomic E-state index is 13.3. The third kappa shape index (κ3) is 3.77. The summed E-state index contributed by atoms with van der Waals surface area (Å²) in [6.45, 7) is 4.48. The van der Waals surface area contributed by atoms with E-state index in [4.69, 9.17) is 0 Å². The highest BCUT2D eigenvalue weighted by Crippen LogP contribution is 2.32. The van der Waals surface area contributed by atoms with Crippen LogP contribution in [-0.4, -0.2) is 26.6 Å². The fourth-order valence-corrected chi connectivity index (χ4v) is 4.58. The molecule has 2 aromatic carbocycles. The Labute approximate surface area is 199 Å². The van der Waals surface area contributed by atoms with Crippen molar-refractivity contribution in [1.82, 2.24) is 14.1 Å². The fourth-order valence-electron chi connectivity index (χ4n) is 4.58. The van der Waals surface area contributed by atoms with E-state index in [9.17, 15) is 23.2 Å². The Morgan fingerprint density at radius 2 is 1.86 bits per heavy atom. The van der Waals surface area contributed by atoms with E-state index >= 15 is 0 Å². The summed E-state index contributed by atoms with van der Waals surface area (Å²) in [6, 6.07) is 16.4. The minimum absolute atomic E-state index is 0.0743. The molecule has 0 N–H and O–H groups in total. The molecule has 0 aliphatic carbocycles. The highest BCUT2D eigenvalue weighted by atomic mass is 19.4. The predicted molar refractivity (Wildman–Crippen MR) is 126 cm³/mol. The van der Waals surface area contributed by atoms with Gasteiger partial charge in [0.05, 0.1) is 16.6 Å². The standard InChI is InChI=1S/C26H20F3N5O/c1-16-12-18(17(2)34(16)21-7-5-6-20(14-21)26(27,28)29)13-19(15-30)24(35)33-11-10-32-23-9-4-3-8-22(23)31-25(32)33/h3-9,12-14H,10-11H2,1-2H3. The number of benzene rings is 2. The molecule has 0 radical (unpaired) electrons. The molecule has 2 aromatic heterocycles. The molecule has 1 amide bonds. The number of amides is 1. The third-order valence-corrected chi connectivity index (χ3v) is 6.22. The topological polar surface area (TPSA) is 66.8 Å². The van der Waals surface area contributed by atoms with Crippen LogP contribution in [0.3, 0.4) is 0 Å². The van der Waals surface area contributed by atoms with Gasteiger partial charge in [0, 0.05) is 30.2 Å². The number of aromatic nitrogens is 3. The van der Waals surface area contributed by atoms with Crippen LogP contribution < -0.4 is 4.90 Å². The lowest BCUT2D eigenvalue weighted by Gasteiger charge is -2.14. The molecule has 35 heavy (non-hydrogen) atoms. The molecule has 4 aromatic rings. The van der Waals surface area contributed by atoms with Gasteiger partial charge < -0.3 is 9.13 Å². The van der Waals surface area contributed by atoms with Gasteiger partial charge in [-0.05, 0) is 61.9 Å². The first-order valence-corrected chi connectivity index (χ1v) is 10.9. The molecule has 6 nitrogen and oxygen atoms in total. The van der Waals surface area contributed by atoms with Crippen LogP contribution in [-0.2, 0) is 17.5 Å². The third-order valence-electron chi connectivity index (χ3n) is 6.22. The number of fused-ring (bicyclic) bond motifs is 3. The largest absolute Gasteiger partial charge is 0.416 e. The summed E-state index contributed by atoms with van der Waals surface area (Å²) in [6.07, 6.45) is -2.97. The number of alkyl halides is 3. The van der Waals surface area contributed by atoms with Gasteiger partial charge >= 0.3 is 6.18 Å². The minimum atomic E-state index is -4.46. The van der Waals surface area contributed by atoms with Gasteiger partial charge in [-0.25, -0.2) is 4.98 Å². The maximum Gasteiger partial charge on any atom is 0.416 e. The molecule has 9 heteroatoms. The number of hydrogen-bond acceptors (Lipinski definition) is 3. The van der Waals surface area contributed by atoms with E-state index in [2.05, 4.69) is 4.98 Å². The lowest BCUT2D eigenvalue weighted by Crippen LogP contribution is -2.30. The summed E-state index contributed by atoms with van der Waals surface area (Å²) in [5.41, 5.74) is 3.11. The first-order valence-electron chi connectivity index (χ1n) is 10.9. The molecule has 0 saturated heterocycles. The Hall–Kier alpha value is -4.32. The minimum Gasteiger partial charge on any atom is -0.318 e. The number of rotatable bonds is 3. The van der Waals surface area contributed by atoms with Crippen LogP contribution in [0.4, 0.5) is 19.1 Å². The normalized spacial score (nSPS) is 13.8. The van der Waals surface area contributed by atoms with Crippen LogP contribution >= 0.6 is 0 Å². The van der Waals surface area contributed by atoms with Crippen molar-refractivity contribution in [1.29, 1.82) is 5.26 Å². The van der Waals surface area contributed by atoms with E-state index in [0.29, 0.717) is 41.7 Å². The van der Waals surface area contributed by atoms with E-state index < -0.39 is 17.6 Å². The van der Waals surface area contributed by atoms with Crippen molar-refractivity contribution >= 4 is 29.0 Å². The van der Waals surface area contributed by atoms with Gasteiger partial charge in [0.25, 0.3) is 5.91 Å². The lowest BCUT2D eigenvalue weighted by molar-refractivity contribution is -0.137. The summed E-state index contributed by atoms with van der Waals surface area (Å²) in [7, 11) is 0. The summed E-state index contributed by atoms with van der Waals surface area (Å²) in [4.78, 5) is 19.3. The van der Waals surface area contributed by atoms with E-state index in [0.717, 1.165) is 23.2 Å². The number of carbonyl (C=O) groups is 1. The van der Waals surface area contributed by atoms with E-state index in [-0.39, 0.29) is 5.57 Å². The second-order valence-corrected chi connectivity index (χ2v) is 8.39. The molecule has 0 bridgehead atoms. The van der Waals surface area contributed by atoms with Crippen molar-refractivity contribution in [3.8, 4) is 11.8 Å². The quantitative estimate of drug-likeness (QED) is 0.294. The first-order chi connectivity index (χ1) is 16.7. The monoisotopic (exact) mass is 475 g/mol. The van der Waals surface area contributed by atoms with Crippen LogP contribution in [0.5, 0.6) is 0 Å². The Balaban J connectivity index is 1.51.